The van der Waals surface area contributed by atoms with E-state index < -0.39 is 10.0 Å². The van der Waals surface area contributed by atoms with E-state index >= 15 is 0 Å². The summed E-state index contributed by atoms with van der Waals surface area (Å²) in [5.41, 5.74) is 6.63. The molecule has 2 aromatic rings. The van der Waals surface area contributed by atoms with E-state index in [-0.39, 0.29) is 9.34 Å². The van der Waals surface area contributed by atoms with Crippen LogP contribution in [0.3, 0.4) is 0 Å². The molecule has 0 aliphatic carbocycles. The van der Waals surface area contributed by atoms with E-state index in [1.54, 1.807) is 26.0 Å². The zero-order valence-corrected chi connectivity index (χ0v) is 11.5. The summed E-state index contributed by atoms with van der Waals surface area (Å²) in [6.45, 7) is 3.38. The molecule has 0 bridgehead atoms. The second kappa shape index (κ2) is 4.54. The Hall–Kier alpha value is -1.67. The fourth-order valence-corrected chi connectivity index (χ4v) is 3.80. The van der Waals surface area contributed by atoms with Crippen LogP contribution in [-0.4, -0.2) is 18.4 Å². The Labute approximate surface area is 109 Å². The third-order valence-corrected chi connectivity index (χ3v) is 5.19. The minimum Gasteiger partial charge on any atom is -0.375 e. The second-order valence-electron chi connectivity index (χ2n) is 3.70. The van der Waals surface area contributed by atoms with Gasteiger partial charge in [0.05, 0.1) is 5.69 Å². The molecular formula is C10H12N4O2S2. The highest BCUT2D eigenvalue weighted by Gasteiger charge is 2.22. The van der Waals surface area contributed by atoms with Crippen LogP contribution in [0.4, 0.5) is 10.9 Å². The SMILES string of the molecule is Cc1cccnc1NS(=O)(=O)c1sc(N)nc1C. The first-order valence-electron chi connectivity index (χ1n) is 5.07. The van der Waals surface area contributed by atoms with E-state index in [2.05, 4.69) is 14.7 Å². The van der Waals surface area contributed by atoms with Crippen LogP contribution in [0, 0.1) is 13.8 Å². The summed E-state index contributed by atoms with van der Waals surface area (Å²) < 4.78 is 26.9. The zero-order chi connectivity index (χ0) is 13.3. The van der Waals surface area contributed by atoms with Crippen molar-refractivity contribution in [1.82, 2.24) is 9.97 Å². The lowest BCUT2D eigenvalue weighted by molar-refractivity contribution is 0.602. The molecule has 2 aromatic heterocycles. The molecule has 2 heterocycles. The normalized spacial score (nSPS) is 11.4. The predicted octanol–water partition coefficient (Wildman–Crippen LogP) is 1.54. The number of aromatic nitrogens is 2. The summed E-state index contributed by atoms with van der Waals surface area (Å²) in [7, 11) is -3.68. The fraction of sp³-hybridized carbons (Fsp3) is 0.200. The Bertz CT molecular complexity index is 679. The van der Waals surface area contributed by atoms with Gasteiger partial charge in [-0.1, -0.05) is 17.4 Å². The highest BCUT2D eigenvalue weighted by molar-refractivity contribution is 7.94. The van der Waals surface area contributed by atoms with E-state index in [4.69, 9.17) is 5.73 Å². The van der Waals surface area contributed by atoms with Crippen LogP contribution in [-0.2, 0) is 10.0 Å². The van der Waals surface area contributed by atoms with Gasteiger partial charge in [-0.05, 0) is 25.5 Å². The van der Waals surface area contributed by atoms with E-state index in [0.29, 0.717) is 11.5 Å². The Morgan fingerprint density at radius 3 is 2.67 bits per heavy atom. The first kappa shape index (κ1) is 12.8. The summed E-state index contributed by atoms with van der Waals surface area (Å²) in [6.07, 6.45) is 1.53. The predicted molar refractivity (Wildman–Crippen MR) is 71.0 cm³/mol. The van der Waals surface area contributed by atoms with Crippen molar-refractivity contribution in [2.45, 2.75) is 18.1 Å². The van der Waals surface area contributed by atoms with Gasteiger partial charge in [0.25, 0.3) is 10.0 Å². The minimum absolute atomic E-state index is 0.116. The Balaban J connectivity index is 2.40. The average Bonchev–Trinajstić information content (AvgIpc) is 2.62. The van der Waals surface area contributed by atoms with Crippen LogP contribution in [0.2, 0.25) is 0 Å². The highest BCUT2D eigenvalue weighted by atomic mass is 32.2. The summed E-state index contributed by atoms with van der Waals surface area (Å²) in [6, 6.07) is 3.52. The molecule has 0 radical (unpaired) electrons. The van der Waals surface area contributed by atoms with E-state index in [1.807, 2.05) is 0 Å². The molecule has 0 saturated heterocycles. The molecule has 0 fully saturated rings. The van der Waals surface area contributed by atoms with Crippen molar-refractivity contribution in [3.63, 3.8) is 0 Å². The number of pyridine rings is 1. The second-order valence-corrected chi connectivity index (χ2v) is 6.61. The molecule has 0 saturated carbocycles. The molecule has 96 valence electrons. The molecular weight excluding hydrogens is 272 g/mol. The van der Waals surface area contributed by atoms with Crippen molar-refractivity contribution in [1.29, 1.82) is 0 Å². The Morgan fingerprint density at radius 1 is 1.39 bits per heavy atom. The lowest BCUT2D eigenvalue weighted by Crippen LogP contribution is -2.14. The molecule has 8 heteroatoms. The monoisotopic (exact) mass is 284 g/mol. The van der Waals surface area contributed by atoms with Crippen molar-refractivity contribution in [3.8, 4) is 0 Å². The van der Waals surface area contributed by atoms with Crippen LogP contribution in [0.15, 0.2) is 22.5 Å². The smallest absolute Gasteiger partial charge is 0.274 e. The summed E-state index contributed by atoms with van der Waals surface area (Å²) in [5, 5.41) is 0.227. The number of nitrogens with two attached hydrogens (primary N) is 1. The molecule has 3 N–H and O–H groups in total. The molecule has 0 amide bonds. The lowest BCUT2D eigenvalue weighted by Gasteiger charge is -2.07. The molecule has 0 aromatic carbocycles. The number of nitrogens with zero attached hydrogens (tertiary/aromatic N) is 2. The van der Waals surface area contributed by atoms with Gasteiger partial charge in [-0.2, -0.15) is 0 Å². The van der Waals surface area contributed by atoms with Crippen LogP contribution in [0.1, 0.15) is 11.3 Å². The van der Waals surface area contributed by atoms with Crippen molar-refractivity contribution in [3.05, 3.63) is 29.6 Å². The highest BCUT2D eigenvalue weighted by Crippen LogP contribution is 2.27. The molecule has 0 atom stereocenters. The maximum atomic E-state index is 12.2. The third kappa shape index (κ3) is 2.44. The molecule has 6 nitrogen and oxygen atoms in total. The maximum Gasteiger partial charge on any atom is 0.274 e. The number of sulfonamides is 1. The fourth-order valence-electron chi connectivity index (χ4n) is 1.42. The van der Waals surface area contributed by atoms with Gasteiger partial charge in [0.1, 0.15) is 5.82 Å². The zero-order valence-electron chi connectivity index (χ0n) is 9.84. The molecule has 0 aliphatic heterocycles. The van der Waals surface area contributed by atoms with Gasteiger partial charge in [0.2, 0.25) is 0 Å². The number of anilines is 2. The first-order chi connectivity index (χ1) is 8.40. The minimum atomic E-state index is -3.68. The molecule has 18 heavy (non-hydrogen) atoms. The topological polar surface area (TPSA) is 98.0 Å². The average molecular weight is 284 g/mol. The molecule has 2 rings (SSSR count). The summed E-state index contributed by atoms with van der Waals surface area (Å²) in [5.74, 6) is 0.309. The van der Waals surface area contributed by atoms with E-state index in [0.717, 1.165) is 16.9 Å². The van der Waals surface area contributed by atoms with Gasteiger partial charge in [0.15, 0.2) is 9.34 Å². The van der Waals surface area contributed by atoms with Crippen LogP contribution >= 0.6 is 11.3 Å². The van der Waals surface area contributed by atoms with Gasteiger partial charge in [-0.25, -0.2) is 18.4 Å². The van der Waals surface area contributed by atoms with Crippen molar-refractivity contribution in [2.24, 2.45) is 0 Å². The maximum absolute atomic E-state index is 12.2. The van der Waals surface area contributed by atoms with Crippen molar-refractivity contribution in [2.75, 3.05) is 10.5 Å². The molecule has 0 aliphatic rings. The number of aryl methyl sites for hydroxylation is 2. The molecule has 0 spiro atoms. The number of rotatable bonds is 3. The number of hydrogen-bond donors (Lipinski definition) is 2. The Morgan fingerprint density at radius 2 is 2.11 bits per heavy atom. The number of nitrogens with one attached hydrogen (secondary N) is 1. The van der Waals surface area contributed by atoms with Gasteiger partial charge in [-0.3, -0.25) is 4.72 Å². The lowest BCUT2D eigenvalue weighted by atomic mass is 10.3. The van der Waals surface area contributed by atoms with Gasteiger partial charge in [-0.15, -0.1) is 0 Å². The quantitative estimate of drug-likeness (QED) is 0.890. The van der Waals surface area contributed by atoms with Crippen LogP contribution in [0.25, 0.3) is 0 Å². The van der Waals surface area contributed by atoms with Crippen molar-refractivity contribution < 1.29 is 8.42 Å². The third-order valence-electron chi connectivity index (χ3n) is 2.26. The summed E-state index contributed by atoms with van der Waals surface area (Å²) in [4.78, 5) is 7.89. The van der Waals surface area contributed by atoms with Crippen LogP contribution in [0.5, 0.6) is 0 Å². The molecule has 0 unspecified atom stereocenters. The number of hydrogen-bond acceptors (Lipinski definition) is 6. The number of thiazole rings is 1. The van der Waals surface area contributed by atoms with Gasteiger partial charge in [0, 0.05) is 6.20 Å². The number of nitrogen functional groups attached to an aromatic ring is 1. The Kier molecular flexibility index (Phi) is 3.22. The van der Waals surface area contributed by atoms with E-state index in [9.17, 15) is 8.42 Å². The largest absolute Gasteiger partial charge is 0.375 e. The van der Waals surface area contributed by atoms with Gasteiger partial charge < -0.3 is 5.73 Å². The standard InChI is InChI=1S/C10H12N4O2S2/c1-6-4-3-5-12-8(6)14-18(15,16)9-7(2)13-10(11)17-9/h3-5H,1-2H3,(H2,11,13)(H,12,14). The van der Waals surface area contributed by atoms with Gasteiger partial charge >= 0.3 is 0 Å². The van der Waals surface area contributed by atoms with Crippen molar-refractivity contribution >= 4 is 32.3 Å². The first-order valence-corrected chi connectivity index (χ1v) is 7.37. The van der Waals surface area contributed by atoms with Crippen LogP contribution < -0.4 is 10.5 Å². The summed E-state index contributed by atoms with van der Waals surface area (Å²) >= 11 is 0.935. The van der Waals surface area contributed by atoms with E-state index in [1.165, 1.54) is 6.20 Å².